The van der Waals surface area contributed by atoms with Crippen LogP contribution >= 0.6 is 23.1 Å². The predicted molar refractivity (Wildman–Crippen MR) is 133 cm³/mol. The van der Waals surface area contributed by atoms with Crippen molar-refractivity contribution in [2.45, 2.75) is 49.7 Å². The van der Waals surface area contributed by atoms with Crippen LogP contribution in [0.15, 0.2) is 52.4 Å². The van der Waals surface area contributed by atoms with E-state index in [2.05, 4.69) is 15.5 Å². The molecule has 2 aromatic rings. The number of pyridine rings is 1. The summed E-state index contributed by atoms with van der Waals surface area (Å²) in [5, 5.41) is 18.0. The van der Waals surface area contributed by atoms with E-state index in [1.54, 1.807) is 5.38 Å². The third-order valence-corrected chi connectivity index (χ3v) is 8.28. The molecular formula is C23H25N6O5S2+. The third-order valence-electron chi connectivity index (χ3n) is 6.26. The van der Waals surface area contributed by atoms with Crippen molar-refractivity contribution in [3.8, 4) is 0 Å². The monoisotopic (exact) mass is 529 g/mol. The molecule has 11 nitrogen and oxygen atoms in total. The predicted octanol–water partition coefficient (Wildman–Crippen LogP) is 1.11. The molecule has 4 heterocycles. The van der Waals surface area contributed by atoms with E-state index < -0.39 is 29.2 Å². The Morgan fingerprint density at radius 1 is 1.28 bits per heavy atom. The number of β-lactam (4-membered cyclic amide) rings is 1. The van der Waals surface area contributed by atoms with Crippen molar-refractivity contribution in [1.29, 1.82) is 0 Å². The number of nitrogens with one attached hydrogen (secondary N) is 1. The number of anilines is 1. The van der Waals surface area contributed by atoms with Gasteiger partial charge in [-0.25, -0.2) is 14.3 Å². The number of amides is 2. The summed E-state index contributed by atoms with van der Waals surface area (Å²) in [5.74, 6) is -1.86. The number of thioether (sulfide) groups is 1. The summed E-state index contributed by atoms with van der Waals surface area (Å²) in [6.45, 7) is 0.351. The molecule has 3 aliphatic rings. The van der Waals surface area contributed by atoms with E-state index in [0.29, 0.717) is 17.9 Å². The maximum Gasteiger partial charge on any atom is 0.352 e. The van der Waals surface area contributed by atoms with Gasteiger partial charge in [-0.05, 0) is 25.7 Å². The summed E-state index contributed by atoms with van der Waals surface area (Å²) in [6.07, 6.45) is 7.42. The number of nitrogens with two attached hydrogens (primary N) is 1. The molecule has 1 aliphatic carbocycles. The number of aromatic nitrogens is 2. The smallest absolute Gasteiger partial charge is 0.352 e. The first kappa shape index (κ1) is 24.3. The Hall–Kier alpha value is -3.45. The summed E-state index contributed by atoms with van der Waals surface area (Å²) in [4.78, 5) is 49.4. The van der Waals surface area contributed by atoms with Crippen molar-refractivity contribution in [3.63, 3.8) is 0 Å². The first-order valence-electron chi connectivity index (χ1n) is 11.5. The molecule has 0 spiro atoms. The molecule has 36 heavy (non-hydrogen) atoms. The van der Waals surface area contributed by atoms with Crippen LogP contribution in [0.1, 0.15) is 31.4 Å². The van der Waals surface area contributed by atoms with Gasteiger partial charge < -0.3 is 21.0 Å². The summed E-state index contributed by atoms with van der Waals surface area (Å²) in [5.41, 5.74) is 6.55. The number of fused-ring (bicyclic) bond motifs is 1. The lowest BCUT2D eigenvalue weighted by Crippen LogP contribution is -2.71. The second-order valence-electron chi connectivity index (χ2n) is 8.69. The number of nitrogens with zero attached hydrogens (tertiary/aromatic N) is 4. The van der Waals surface area contributed by atoms with Gasteiger partial charge in [0.15, 0.2) is 29.8 Å². The molecule has 1 unspecified atom stereocenters. The van der Waals surface area contributed by atoms with Crippen molar-refractivity contribution in [2.24, 2.45) is 5.16 Å². The van der Waals surface area contributed by atoms with E-state index in [1.807, 2.05) is 35.2 Å². The SMILES string of the molecule is Nc1nc(C(=NOC2CCCC2)C(=O)NC2C(=O)N3C(C(=O)O)=C(C[n+]4ccccc4)CS[C@H]23)cs1. The van der Waals surface area contributed by atoms with Gasteiger partial charge in [-0.3, -0.25) is 14.5 Å². The van der Waals surface area contributed by atoms with Crippen molar-refractivity contribution in [2.75, 3.05) is 11.5 Å². The molecule has 5 rings (SSSR count). The largest absolute Gasteiger partial charge is 0.477 e. The van der Waals surface area contributed by atoms with Gasteiger partial charge in [0.25, 0.3) is 11.8 Å². The van der Waals surface area contributed by atoms with Crippen molar-refractivity contribution in [3.05, 3.63) is 52.9 Å². The van der Waals surface area contributed by atoms with Gasteiger partial charge in [-0.1, -0.05) is 11.2 Å². The zero-order valence-electron chi connectivity index (χ0n) is 19.2. The van der Waals surface area contributed by atoms with Crippen molar-refractivity contribution in [1.82, 2.24) is 15.2 Å². The summed E-state index contributed by atoms with van der Waals surface area (Å²) >= 11 is 2.58. The first-order chi connectivity index (χ1) is 17.4. The lowest BCUT2D eigenvalue weighted by Gasteiger charge is -2.49. The standard InChI is InChI=1S/C23H24N6O5S2/c24-23-25-15(12-36-23)16(27-34-14-6-2-3-7-14)19(30)26-17-20(31)29-18(22(32)33)13(11-35-21(17)29)10-28-8-4-1-5-9-28/h1,4-5,8-9,12,14,17,21H,2-3,6-7,10-11H2,(H3-,24,25,26,30,32,33)/p+1/t17?,21-/m1/s1. The molecule has 0 radical (unpaired) electrons. The highest BCUT2D eigenvalue weighted by molar-refractivity contribution is 8.00. The Morgan fingerprint density at radius 2 is 2.03 bits per heavy atom. The van der Waals surface area contributed by atoms with Crippen LogP contribution in [0.5, 0.6) is 0 Å². The molecule has 0 aromatic carbocycles. The van der Waals surface area contributed by atoms with Crippen LogP contribution in [0.2, 0.25) is 0 Å². The molecule has 2 atom stereocenters. The minimum absolute atomic E-state index is 0.0312. The Kier molecular flexibility index (Phi) is 6.92. The molecule has 2 amide bonds. The topological polar surface area (TPSA) is 151 Å². The van der Waals surface area contributed by atoms with Crippen LogP contribution in [-0.2, 0) is 25.8 Å². The van der Waals surface area contributed by atoms with Crippen LogP contribution in [0, 0.1) is 0 Å². The number of aliphatic carboxylic acids is 1. The first-order valence-corrected chi connectivity index (χ1v) is 13.5. The number of carboxylic acid groups (broad SMARTS) is 1. The molecule has 1 saturated carbocycles. The highest BCUT2D eigenvalue weighted by atomic mass is 32.2. The lowest BCUT2D eigenvalue weighted by atomic mass is 10.0. The number of rotatable bonds is 8. The number of carbonyl (C=O) groups is 3. The molecule has 1 saturated heterocycles. The van der Waals surface area contributed by atoms with Crippen LogP contribution in [0.3, 0.4) is 0 Å². The number of hydrogen-bond acceptors (Lipinski definition) is 9. The second kappa shape index (κ2) is 10.3. The van der Waals surface area contributed by atoms with Gasteiger partial charge >= 0.3 is 5.97 Å². The molecule has 13 heteroatoms. The van der Waals surface area contributed by atoms with E-state index in [-0.39, 0.29) is 28.3 Å². The Labute approximate surface area is 215 Å². The minimum Gasteiger partial charge on any atom is -0.477 e. The number of oxime groups is 1. The van der Waals surface area contributed by atoms with Gasteiger partial charge in [-0.15, -0.1) is 23.1 Å². The molecule has 2 aliphatic heterocycles. The van der Waals surface area contributed by atoms with Gasteiger partial charge in [0.1, 0.15) is 28.9 Å². The van der Waals surface area contributed by atoms with Crippen molar-refractivity contribution >= 4 is 51.7 Å². The summed E-state index contributed by atoms with van der Waals surface area (Å²) in [6, 6.07) is 4.68. The number of hydrogen-bond donors (Lipinski definition) is 3. The Morgan fingerprint density at radius 3 is 2.69 bits per heavy atom. The van der Waals surface area contributed by atoms with Crippen LogP contribution < -0.4 is 15.6 Å². The fourth-order valence-corrected chi connectivity index (χ4v) is 6.38. The van der Waals surface area contributed by atoms with E-state index >= 15 is 0 Å². The zero-order valence-corrected chi connectivity index (χ0v) is 20.8. The van der Waals surface area contributed by atoms with Crippen LogP contribution in [0.4, 0.5) is 5.13 Å². The Bertz CT molecular complexity index is 1240. The quantitative estimate of drug-likeness (QED) is 0.199. The van der Waals surface area contributed by atoms with E-state index in [4.69, 9.17) is 10.6 Å². The average molecular weight is 530 g/mol. The van der Waals surface area contributed by atoms with E-state index in [0.717, 1.165) is 25.7 Å². The van der Waals surface area contributed by atoms with E-state index in [1.165, 1.54) is 28.0 Å². The van der Waals surface area contributed by atoms with Gasteiger partial charge in [-0.2, -0.15) is 0 Å². The molecular weight excluding hydrogens is 504 g/mol. The molecule has 188 valence electrons. The average Bonchev–Trinajstić information content (AvgIpc) is 3.55. The number of carboxylic acids is 1. The summed E-state index contributed by atoms with van der Waals surface area (Å²) in [7, 11) is 0. The molecule has 4 N–H and O–H groups in total. The fourth-order valence-electron chi connectivity index (χ4n) is 4.50. The highest BCUT2D eigenvalue weighted by Gasteiger charge is 2.54. The molecule has 2 aromatic heterocycles. The van der Waals surface area contributed by atoms with Gasteiger partial charge in [0, 0.05) is 28.8 Å². The van der Waals surface area contributed by atoms with E-state index in [9.17, 15) is 19.5 Å². The maximum atomic E-state index is 13.2. The second-order valence-corrected chi connectivity index (χ2v) is 10.7. The lowest BCUT2D eigenvalue weighted by molar-refractivity contribution is -0.689. The normalized spacial score (nSPS) is 22.3. The van der Waals surface area contributed by atoms with Crippen molar-refractivity contribution < 1.29 is 28.9 Å². The summed E-state index contributed by atoms with van der Waals surface area (Å²) < 4.78 is 1.86. The maximum absolute atomic E-state index is 13.2. The Balaban J connectivity index is 1.33. The molecule has 2 fully saturated rings. The highest BCUT2D eigenvalue weighted by Crippen LogP contribution is 2.40. The van der Waals surface area contributed by atoms with Gasteiger partial charge in [0.2, 0.25) is 0 Å². The number of carbonyl (C=O) groups excluding carboxylic acids is 2. The third kappa shape index (κ3) is 4.80. The zero-order chi connectivity index (χ0) is 25.2. The van der Waals surface area contributed by atoms with Gasteiger partial charge in [0.05, 0.1) is 0 Å². The number of nitrogen functional groups attached to an aromatic ring is 1. The van der Waals surface area contributed by atoms with Crippen LogP contribution in [-0.4, -0.2) is 61.8 Å². The minimum atomic E-state index is -1.17. The molecule has 0 bridgehead atoms. The number of thiazole rings is 1. The fraction of sp³-hybridized carbons (Fsp3) is 0.391. The van der Waals surface area contributed by atoms with Crippen LogP contribution in [0.25, 0.3) is 0 Å².